The zero-order valence-electron chi connectivity index (χ0n) is 7.00. The Morgan fingerprint density at radius 3 is 2.53 bits per heavy atom. The summed E-state index contributed by atoms with van der Waals surface area (Å²) in [6, 6.07) is 0. The van der Waals surface area contributed by atoms with Gasteiger partial charge in [-0.3, -0.25) is 0 Å². The predicted molar refractivity (Wildman–Crippen MR) is 47.9 cm³/mol. The van der Waals surface area contributed by atoms with Gasteiger partial charge in [-0.1, -0.05) is 5.10 Å². The maximum atomic E-state index is 8.16. The molecule has 0 fully saturated rings. The Bertz CT molecular complexity index is 449. The molecule has 1 N–H and O–H groups in total. The maximum Gasteiger partial charge on any atom is 0.175 e. The van der Waals surface area contributed by atoms with Crippen LogP contribution in [0.5, 0.6) is 0 Å². The van der Waals surface area contributed by atoms with Gasteiger partial charge in [0.15, 0.2) is 5.84 Å². The zero-order chi connectivity index (χ0) is 11.1. The van der Waals surface area contributed by atoms with E-state index in [-0.39, 0.29) is 11.7 Å². The molecule has 0 bridgehead atoms. The van der Waals surface area contributed by atoms with E-state index in [0.717, 1.165) is 0 Å². The van der Waals surface area contributed by atoms with Crippen molar-refractivity contribution in [1.82, 2.24) is 10.7 Å². The fourth-order valence-corrected chi connectivity index (χ4v) is 0.682. The lowest BCUT2D eigenvalue weighted by Crippen LogP contribution is -2.31. The predicted octanol–water partition coefficient (Wildman–Crippen LogP) is 1.81. The monoisotopic (exact) mass is 206 g/mol. The quantitative estimate of drug-likeness (QED) is 0.412. The highest BCUT2D eigenvalue weighted by atomic mass is 15.9. The van der Waals surface area contributed by atoms with Crippen LogP contribution in [0.1, 0.15) is 0 Å². The third kappa shape index (κ3) is 2.72. The summed E-state index contributed by atoms with van der Waals surface area (Å²) in [6.07, 6.45) is 1.18. The molecule has 1 aliphatic rings. The Morgan fingerprint density at radius 2 is 1.93 bits per heavy atom. The van der Waals surface area contributed by atoms with E-state index in [9.17, 15) is 0 Å². The maximum absolute atomic E-state index is 8.16. The summed E-state index contributed by atoms with van der Waals surface area (Å²) < 4.78 is 0. The first-order valence-corrected chi connectivity index (χ1v) is 3.32. The number of hydrazine groups is 1. The molecule has 0 aliphatic carbocycles. The zero-order valence-corrected chi connectivity index (χ0v) is 7.00. The van der Waals surface area contributed by atoms with Gasteiger partial charge >= 0.3 is 0 Å². The number of amidine groups is 1. The average Bonchev–Trinajstić information content (AvgIpc) is 2.19. The van der Waals surface area contributed by atoms with Crippen LogP contribution in [0, 0.1) is 0 Å². The van der Waals surface area contributed by atoms with E-state index in [1.807, 2.05) is 0 Å². The molecule has 0 radical (unpaired) electrons. The highest BCUT2D eigenvalue weighted by molar-refractivity contribution is 5.94. The standard InChI is InChI=1S/C3H2N12/c4-11-7-2-1-3(8-12-5)10-15(9-2)14-13-6/h1,9H. The molecular weight excluding hydrogens is 204 g/mol. The summed E-state index contributed by atoms with van der Waals surface area (Å²) in [7, 11) is 0. The van der Waals surface area contributed by atoms with Crippen molar-refractivity contribution in [1.29, 1.82) is 0 Å². The largest absolute Gasteiger partial charge is 0.197 e. The average molecular weight is 206 g/mol. The van der Waals surface area contributed by atoms with Crippen molar-refractivity contribution in [3.63, 3.8) is 0 Å². The van der Waals surface area contributed by atoms with Gasteiger partial charge in [-0.2, -0.15) is 10.3 Å². The molecule has 1 aliphatic heterocycles. The fourth-order valence-electron chi connectivity index (χ4n) is 0.682. The molecule has 15 heavy (non-hydrogen) atoms. The van der Waals surface area contributed by atoms with E-state index in [4.69, 9.17) is 16.6 Å². The lowest BCUT2D eigenvalue weighted by Gasteiger charge is -2.12. The molecule has 0 aromatic carbocycles. The summed E-state index contributed by atoms with van der Waals surface area (Å²) in [6.45, 7) is 0. The molecule has 0 amide bonds. The van der Waals surface area contributed by atoms with Crippen molar-refractivity contribution < 1.29 is 0 Å². The second kappa shape index (κ2) is 4.84. The Balaban J connectivity index is 3.05. The molecule has 74 valence electrons. The third-order valence-electron chi connectivity index (χ3n) is 1.10. The number of rotatable bonds is 2. The van der Waals surface area contributed by atoms with Crippen LogP contribution in [0.25, 0.3) is 31.3 Å². The van der Waals surface area contributed by atoms with Gasteiger partial charge in [0.05, 0.1) is 0 Å². The van der Waals surface area contributed by atoms with Gasteiger partial charge in [0.2, 0.25) is 0 Å². The van der Waals surface area contributed by atoms with Crippen LogP contribution in [-0.4, -0.2) is 11.1 Å². The minimum Gasteiger partial charge on any atom is -0.197 e. The molecule has 0 spiro atoms. The van der Waals surface area contributed by atoms with E-state index in [1.165, 1.54) is 6.08 Å². The summed E-state index contributed by atoms with van der Waals surface area (Å²) in [5.41, 5.74) is 26.8. The van der Waals surface area contributed by atoms with Gasteiger partial charge in [-0.05, 0) is 32.6 Å². The Kier molecular flexibility index (Phi) is 3.24. The summed E-state index contributed by atoms with van der Waals surface area (Å²) in [4.78, 5) is 7.40. The van der Waals surface area contributed by atoms with Gasteiger partial charge in [-0.25, -0.2) is 0 Å². The first-order chi connectivity index (χ1) is 7.30. The lowest BCUT2D eigenvalue weighted by atomic mass is 10.5. The minimum absolute atomic E-state index is 0.0118. The fraction of sp³-hybridized carbons (Fsp3) is 0. The molecule has 0 aromatic heterocycles. The number of nitrogens with zero attached hydrogens (tertiary/aromatic N) is 11. The Morgan fingerprint density at radius 1 is 1.20 bits per heavy atom. The summed E-state index contributed by atoms with van der Waals surface area (Å²) in [5, 5.41) is 13.6. The molecule has 1 heterocycles. The van der Waals surface area contributed by atoms with Crippen molar-refractivity contribution in [3.05, 3.63) is 43.2 Å². The molecule has 12 nitrogen and oxygen atoms in total. The highest BCUT2D eigenvalue weighted by Crippen LogP contribution is 2.05. The summed E-state index contributed by atoms with van der Waals surface area (Å²) >= 11 is 0. The Labute approximate surface area is 81.3 Å². The summed E-state index contributed by atoms with van der Waals surface area (Å²) in [5.74, 6) is -0.117. The second-order valence-corrected chi connectivity index (χ2v) is 1.95. The van der Waals surface area contributed by atoms with Crippen molar-refractivity contribution >= 4 is 5.84 Å². The van der Waals surface area contributed by atoms with Crippen LogP contribution in [0.3, 0.4) is 0 Å². The van der Waals surface area contributed by atoms with Crippen LogP contribution < -0.4 is 5.43 Å². The number of hydrogen-bond donors (Lipinski definition) is 1. The van der Waals surface area contributed by atoms with Crippen LogP contribution in [0.15, 0.2) is 32.5 Å². The van der Waals surface area contributed by atoms with Crippen molar-refractivity contribution in [2.45, 2.75) is 0 Å². The molecule has 0 saturated carbocycles. The normalized spacial score (nSPS) is 13.2. The first kappa shape index (κ1) is 10.0. The van der Waals surface area contributed by atoms with Crippen LogP contribution in [-0.2, 0) is 0 Å². The van der Waals surface area contributed by atoms with Gasteiger partial charge in [0.1, 0.15) is 5.82 Å². The highest BCUT2D eigenvalue weighted by Gasteiger charge is 2.13. The molecular formula is C3H2N12. The first-order valence-electron chi connectivity index (χ1n) is 3.32. The van der Waals surface area contributed by atoms with E-state index in [0.29, 0.717) is 5.23 Å². The minimum atomic E-state index is -0.106. The van der Waals surface area contributed by atoms with Crippen molar-refractivity contribution in [2.24, 2.45) is 20.6 Å². The third-order valence-corrected chi connectivity index (χ3v) is 1.10. The molecule has 0 atom stereocenters. The number of hydrogen-bond acceptors (Lipinski definition) is 5. The molecule has 0 aromatic rings. The van der Waals surface area contributed by atoms with Crippen molar-refractivity contribution in [2.75, 3.05) is 0 Å². The van der Waals surface area contributed by atoms with E-state index >= 15 is 0 Å². The molecule has 0 saturated heterocycles. The van der Waals surface area contributed by atoms with E-state index in [1.54, 1.807) is 0 Å². The van der Waals surface area contributed by atoms with Crippen LogP contribution >= 0.6 is 0 Å². The SMILES string of the molecule is [N-]=[N+]=NC1=CC(N=[N+]=[N-])=NN(N=[N+]=[N-])N1. The number of hydrazone groups is 1. The van der Waals surface area contributed by atoms with Gasteiger partial charge in [-0.15, -0.1) is 5.53 Å². The van der Waals surface area contributed by atoms with Gasteiger partial charge in [0.25, 0.3) is 0 Å². The van der Waals surface area contributed by atoms with Gasteiger partial charge < -0.3 is 0 Å². The van der Waals surface area contributed by atoms with Crippen LogP contribution in [0.2, 0.25) is 0 Å². The van der Waals surface area contributed by atoms with E-state index in [2.05, 4.69) is 40.7 Å². The topological polar surface area (TPSA) is 174 Å². The Hall–Kier alpha value is -3.06. The second-order valence-electron chi connectivity index (χ2n) is 1.95. The lowest BCUT2D eigenvalue weighted by molar-refractivity contribution is 0.223. The van der Waals surface area contributed by atoms with Crippen LogP contribution in [0.4, 0.5) is 0 Å². The smallest absolute Gasteiger partial charge is 0.175 e. The molecule has 1 rings (SSSR count). The van der Waals surface area contributed by atoms with Crippen molar-refractivity contribution in [3.8, 4) is 0 Å². The van der Waals surface area contributed by atoms with E-state index < -0.39 is 0 Å². The van der Waals surface area contributed by atoms with Gasteiger partial charge in [0, 0.05) is 15.0 Å². The number of nitrogens with one attached hydrogen (secondary N) is 1. The molecule has 12 heteroatoms. The number of azide groups is 3. The molecule has 0 unspecified atom stereocenters.